The van der Waals surface area contributed by atoms with Crippen molar-refractivity contribution in [1.29, 1.82) is 0 Å². The average Bonchev–Trinajstić information content (AvgIpc) is 3.22. The highest BCUT2D eigenvalue weighted by molar-refractivity contribution is 6.00. The molecule has 4 rings (SSSR count). The van der Waals surface area contributed by atoms with E-state index in [2.05, 4.69) is 10.6 Å². The second-order valence-electron chi connectivity index (χ2n) is 9.50. The number of halogens is 2. The Morgan fingerprint density at radius 3 is 2.32 bits per heavy atom. The number of fused-ring (bicyclic) bond motifs is 1. The Balaban J connectivity index is 1.76. The number of rotatable bonds is 6. The molecule has 8 heteroatoms. The van der Waals surface area contributed by atoms with Gasteiger partial charge >= 0.3 is 0 Å². The number of piperazine rings is 1. The first-order chi connectivity index (χ1) is 16.2. The summed E-state index contributed by atoms with van der Waals surface area (Å²) < 4.78 is 28.5. The van der Waals surface area contributed by atoms with Crippen LogP contribution in [-0.2, 0) is 27.2 Å². The highest BCUT2D eigenvalue weighted by atomic mass is 19.1. The van der Waals surface area contributed by atoms with Gasteiger partial charge in [-0.25, -0.2) is 8.78 Å². The van der Waals surface area contributed by atoms with Crippen LogP contribution < -0.4 is 10.6 Å². The maximum Gasteiger partial charge on any atom is 0.247 e. The van der Waals surface area contributed by atoms with Crippen molar-refractivity contribution in [2.24, 2.45) is 11.8 Å². The Labute approximate surface area is 197 Å². The van der Waals surface area contributed by atoms with Gasteiger partial charge in [-0.05, 0) is 48.3 Å². The van der Waals surface area contributed by atoms with Gasteiger partial charge in [0.05, 0.1) is 0 Å². The van der Waals surface area contributed by atoms with Crippen molar-refractivity contribution in [3.63, 3.8) is 0 Å². The summed E-state index contributed by atoms with van der Waals surface area (Å²) in [6.07, 6.45) is 1.53. The number of nitrogens with zero attached hydrogens (tertiary/aromatic N) is 1. The summed E-state index contributed by atoms with van der Waals surface area (Å²) in [5.41, 5.74) is 2.10. The lowest BCUT2D eigenvalue weighted by molar-refractivity contribution is -0.157. The standard InChI is InChI=1S/C26H29F2N3O3/c1-14(2)10-21-24(32)30-22(17-11-15-6-4-5-7-16(15)12-17)26(34)31(21)23(25(33)29-3)19-9-8-18(27)13-20(19)28/h4-9,13-14,17,21-23H,10-12H2,1-3H3,(H,29,33)(H,30,32). The second-order valence-corrected chi connectivity index (χ2v) is 9.50. The van der Waals surface area contributed by atoms with Crippen LogP contribution in [0.5, 0.6) is 0 Å². The predicted octanol–water partition coefficient (Wildman–Crippen LogP) is 2.91. The summed E-state index contributed by atoms with van der Waals surface area (Å²) in [7, 11) is 1.38. The van der Waals surface area contributed by atoms with Crippen LogP contribution in [0, 0.1) is 23.5 Å². The van der Waals surface area contributed by atoms with Crippen molar-refractivity contribution in [3.8, 4) is 0 Å². The Morgan fingerprint density at radius 1 is 1.12 bits per heavy atom. The molecule has 1 fully saturated rings. The summed E-state index contributed by atoms with van der Waals surface area (Å²) in [4.78, 5) is 41.5. The highest BCUT2D eigenvalue weighted by Crippen LogP contribution is 2.36. The zero-order valence-corrected chi connectivity index (χ0v) is 19.5. The summed E-state index contributed by atoms with van der Waals surface area (Å²) in [6.45, 7) is 3.81. The molecule has 2 aromatic carbocycles. The third kappa shape index (κ3) is 4.41. The molecule has 2 aliphatic rings. The van der Waals surface area contributed by atoms with Gasteiger partial charge in [-0.2, -0.15) is 0 Å². The van der Waals surface area contributed by atoms with E-state index in [0.717, 1.165) is 23.3 Å². The largest absolute Gasteiger partial charge is 0.357 e. The molecule has 0 bridgehead atoms. The Bertz CT molecular complexity index is 1100. The maximum atomic E-state index is 14.9. The van der Waals surface area contributed by atoms with Crippen molar-refractivity contribution in [2.45, 2.75) is 51.2 Å². The highest BCUT2D eigenvalue weighted by Gasteiger charge is 2.49. The van der Waals surface area contributed by atoms with Crippen molar-refractivity contribution < 1.29 is 23.2 Å². The molecule has 180 valence electrons. The lowest BCUT2D eigenvalue weighted by Crippen LogP contribution is -2.67. The Hall–Kier alpha value is -3.29. The number of hydrogen-bond acceptors (Lipinski definition) is 3. The van der Waals surface area contributed by atoms with E-state index in [1.165, 1.54) is 11.9 Å². The van der Waals surface area contributed by atoms with E-state index in [1.807, 2.05) is 38.1 Å². The van der Waals surface area contributed by atoms with Crippen molar-refractivity contribution >= 4 is 17.7 Å². The molecule has 3 atom stereocenters. The van der Waals surface area contributed by atoms with Crippen LogP contribution >= 0.6 is 0 Å². The molecule has 2 N–H and O–H groups in total. The van der Waals surface area contributed by atoms with E-state index in [-0.39, 0.29) is 23.3 Å². The van der Waals surface area contributed by atoms with Crippen LogP contribution in [0.3, 0.4) is 0 Å². The summed E-state index contributed by atoms with van der Waals surface area (Å²) >= 11 is 0. The summed E-state index contributed by atoms with van der Waals surface area (Å²) in [5.74, 6) is -3.33. The van der Waals surface area contributed by atoms with Gasteiger partial charge in [-0.15, -0.1) is 0 Å². The number of amides is 3. The normalized spacial score (nSPS) is 21.4. The number of nitrogens with one attached hydrogen (secondary N) is 2. The number of hydrogen-bond donors (Lipinski definition) is 2. The Kier molecular flexibility index (Phi) is 6.68. The van der Waals surface area contributed by atoms with E-state index in [9.17, 15) is 23.2 Å². The Morgan fingerprint density at radius 2 is 1.76 bits per heavy atom. The molecule has 1 heterocycles. The van der Waals surface area contributed by atoms with E-state index in [4.69, 9.17) is 0 Å². The lowest BCUT2D eigenvalue weighted by atomic mass is 9.88. The minimum absolute atomic E-state index is 0.0294. The quantitative estimate of drug-likeness (QED) is 0.683. The van der Waals surface area contributed by atoms with Gasteiger partial charge in [0.2, 0.25) is 17.7 Å². The molecule has 0 saturated carbocycles. The smallest absolute Gasteiger partial charge is 0.247 e. The average molecular weight is 470 g/mol. The first-order valence-electron chi connectivity index (χ1n) is 11.6. The SMILES string of the molecule is CNC(=O)C(c1ccc(F)cc1F)N1C(=O)C(C2Cc3ccccc3C2)NC(=O)C1CC(C)C. The molecular weight excluding hydrogens is 440 g/mol. The summed E-state index contributed by atoms with van der Waals surface area (Å²) in [6, 6.07) is 7.57. The van der Waals surface area contributed by atoms with Crippen LogP contribution in [0.4, 0.5) is 8.78 Å². The first-order valence-corrected chi connectivity index (χ1v) is 11.6. The number of benzene rings is 2. The topological polar surface area (TPSA) is 78.5 Å². The van der Waals surface area contributed by atoms with E-state index < -0.39 is 41.6 Å². The predicted molar refractivity (Wildman–Crippen MR) is 123 cm³/mol. The zero-order chi connectivity index (χ0) is 24.6. The third-order valence-electron chi connectivity index (χ3n) is 6.74. The minimum Gasteiger partial charge on any atom is -0.357 e. The van der Waals surface area contributed by atoms with E-state index in [0.29, 0.717) is 25.3 Å². The van der Waals surface area contributed by atoms with Crippen LogP contribution in [0.25, 0.3) is 0 Å². The monoisotopic (exact) mass is 469 g/mol. The molecule has 3 unspecified atom stereocenters. The molecule has 3 amide bonds. The first kappa shape index (κ1) is 23.9. The number of carbonyl (C=O) groups is 3. The third-order valence-corrected chi connectivity index (χ3v) is 6.74. The number of carbonyl (C=O) groups excluding carboxylic acids is 3. The lowest BCUT2D eigenvalue weighted by Gasteiger charge is -2.44. The minimum atomic E-state index is -1.40. The second kappa shape index (κ2) is 9.52. The van der Waals surface area contributed by atoms with Crippen molar-refractivity contribution in [2.75, 3.05) is 7.05 Å². The van der Waals surface area contributed by atoms with Gasteiger partial charge < -0.3 is 15.5 Å². The van der Waals surface area contributed by atoms with E-state index in [1.54, 1.807) is 0 Å². The fourth-order valence-electron chi connectivity index (χ4n) is 5.15. The van der Waals surface area contributed by atoms with Gasteiger partial charge in [-0.3, -0.25) is 14.4 Å². The summed E-state index contributed by atoms with van der Waals surface area (Å²) in [5, 5.41) is 5.39. The molecular formula is C26H29F2N3O3. The molecule has 1 saturated heterocycles. The molecule has 0 spiro atoms. The van der Waals surface area contributed by atoms with Crippen molar-refractivity contribution in [1.82, 2.24) is 15.5 Å². The van der Waals surface area contributed by atoms with Gasteiger partial charge in [0, 0.05) is 18.7 Å². The van der Waals surface area contributed by atoms with Crippen LogP contribution in [0.15, 0.2) is 42.5 Å². The molecule has 6 nitrogen and oxygen atoms in total. The molecule has 1 aliphatic carbocycles. The zero-order valence-electron chi connectivity index (χ0n) is 19.5. The van der Waals surface area contributed by atoms with E-state index >= 15 is 0 Å². The van der Waals surface area contributed by atoms with Gasteiger partial charge in [0.15, 0.2) is 0 Å². The van der Waals surface area contributed by atoms with Crippen LogP contribution in [0.1, 0.15) is 43.0 Å². The van der Waals surface area contributed by atoms with Crippen molar-refractivity contribution in [3.05, 3.63) is 70.8 Å². The molecule has 34 heavy (non-hydrogen) atoms. The number of likely N-dealkylation sites (N-methyl/N-ethyl adjacent to an activating group) is 1. The molecule has 0 radical (unpaired) electrons. The van der Waals surface area contributed by atoms with Crippen LogP contribution in [-0.4, -0.2) is 41.8 Å². The molecule has 2 aromatic rings. The fourth-order valence-corrected chi connectivity index (χ4v) is 5.15. The maximum absolute atomic E-state index is 14.9. The fraction of sp³-hybridized carbons (Fsp3) is 0.423. The molecule has 0 aromatic heterocycles. The molecule has 1 aliphatic heterocycles. The van der Waals surface area contributed by atoms with Gasteiger partial charge in [0.25, 0.3) is 0 Å². The van der Waals surface area contributed by atoms with Crippen LogP contribution in [0.2, 0.25) is 0 Å². The van der Waals surface area contributed by atoms with Gasteiger partial charge in [-0.1, -0.05) is 44.2 Å². The van der Waals surface area contributed by atoms with Gasteiger partial charge in [0.1, 0.15) is 29.8 Å².